The minimum Gasteiger partial charge on any atom is -0.374 e. The molecule has 1 aliphatic heterocycles. The first kappa shape index (κ1) is 23.6. The molecular formula is C18H34IN5OS. The molecule has 0 aromatic carbocycles. The third-order valence-electron chi connectivity index (χ3n) is 4.21. The largest absolute Gasteiger partial charge is 0.374 e. The Kier molecular flexibility index (Phi) is 11.0. The number of aryl methyl sites for hydroxylation is 2. The van der Waals surface area contributed by atoms with Crippen LogP contribution in [0.3, 0.4) is 0 Å². The Hall–Kier alpha value is -0.450. The van der Waals surface area contributed by atoms with Gasteiger partial charge in [-0.3, -0.25) is 9.89 Å². The van der Waals surface area contributed by atoms with Crippen LogP contribution in [0.15, 0.2) is 4.99 Å². The molecule has 0 amide bonds. The van der Waals surface area contributed by atoms with Crippen molar-refractivity contribution in [1.82, 2.24) is 20.5 Å². The number of halogens is 1. The maximum Gasteiger partial charge on any atom is 0.191 e. The van der Waals surface area contributed by atoms with Crippen molar-refractivity contribution in [1.29, 1.82) is 0 Å². The average molecular weight is 495 g/mol. The van der Waals surface area contributed by atoms with Crippen LogP contribution in [0.5, 0.6) is 0 Å². The Morgan fingerprint density at radius 2 is 2.15 bits per heavy atom. The van der Waals surface area contributed by atoms with Crippen molar-refractivity contribution in [3.63, 3.8) is 0 Å². The van der Waals surface area contributed by atoms with Crippen LogP contribution in [0.25, 0.3) is 0 Å². The van der Waals surface area contributed by atoms with E-state index in [0.717, 1.165) is 62.4 Å². The van der Waals surface area contributed by atoms with Crippen molar-refractivity contribution in [2.75, 3.05) is 46.4 Å². The van der Waals surface area contributed by atoms with Crippen LogP contribution in [0.1, 0.15) is 29.4 Å². The van der Waals surface area contributed by atoms with E-state index in [9.17, 15) is 0 Å². The number of aliphatic imine (C=N–C) groups is 1. The van der Waals surface area contributed by atoms with E-state index in [1.54, 1.807) is 11.3 Å². The van der Waals surface area contributed by atoms with Gasteiger partial charge in [0.05, 0.1) is 23.4 Å². The quantitative estimate of drug-likeness (QED) is 0.346. The molecular weight excluding hydrogens is 461 g/mol. The molecule has 6 nitrogen and oxygen atoms in total. The van der Waals surface area contributed by atoms with Gasteiger partial charge in [0.2, 0.25) is 0 Å². The number of rotatable bonds is 7. The molecule has 1 aliphatic rings. The van der Waals surface area contributed by atoms with Crippen LogP contribution in [0, 0.1) is 19.8 Å². The lowest BCUT2D eigenvalue weighted by Crippen LogP contribution is -2.50. The van der Waals surface area contributed by atoms with Crippen LogP contribution < -0.4 is 10.6 Å². The molecule has 8 heteroatoms. The first-order valence-corrected chi connectivity index (χ1v) is 10.0. The SMILES string of the molecule is CN=C(NCCc1sc(C)nc1C)NCC1CN(CC(C)C)CCO1.I. The van der Waals surface area contributed by atoms with Crippen molar-refractivity contribution in [3.05, 3.63) is 15.6 Å². The Morgan fingerprint density at radius 3 is 2.77 bits per heavy atom. The molecule has 0 bridgehead atoms. The molecule has 150 valence electrons. The summed E-state index contributed by atoms with van der Waals surface area (Å²) in [6.07, 6.45) is 1.19. The molecule has 1 unspecified atom stereocenters. The van der Waals surface area contributed by atoms with Gasteiger partial charge in [0.1, 0.15) is 0 Å². The number of nitrogens with one attached hydrogen (secondary N) is 2. The number of morpholine rings is 1. The summed E-state index contributed by atoms with van der Waals surface area (Å²) >= 11 is 1.78. The van der Waals surface area contributed by atoms with Gasteiger partial charge >= 0.3 is 0 Å². The first-order chi connectivity index (χ1) is 12.0. The van der Waals surface area contributed by atoms with Crippen molar-refractivity contribution >= 4 is 41.3 Å². The van der Waals surface area contributed by atoms with E-state index in [0.29, 0.717) is 5.92 Å². The van der Waals surface area contributed by atoms with Crippen molar-refractivity contribution in [2.24, 2.45) is 10.9 Å². The van der Waals surface area contributed by atoms with Crippen LogP contribution >= 0.6 is 35.3 Å². The zero-order chi connectivity index (χ0) is 18.2. The summed E-state index contributed by atoms with van der Waals surface area (Å²) in [5.41, 5.74) is 1.15. The molecule has 26 heavy (non-hydrogen) atoms. The van der Waals surface area contributed by atoms with Crippen molar-refractivity contribution in [2.45, 2.75) is 40.2 Å². The van der Waals surface area contributed by atoms with Crippen LogP contribution in [0.4, 0.5) is 0 Å². The molecule has 1 atom stereocenters. The lowest BCUT2D eigenvalue weighted by molar-refractivity contribution is -0.0284. The van der Waals surface area contributed by atoms with E-state index >= 15 is 0 Å². The Bertz CT molecular complexity index is 564. The van der Waals surface area contributed by atoms with Crippen molar-refractivity contribution in [3.8, 4) is 0 Å². The molecule has 0 aliphatic carbocycles. The van der Waals surface area contributed by atoms with Gasteiger partial charge in [0.15, 0.2) is 5.96 Å². The molecule has 1 aromatic heterocycles. The van der Waals surface area contributed by atoms with Gasteiger partial charge < -0.3 is 15.4 Å². The number of ether oxygens (including phenoxy) is 1. The van der Waals surface area contributed by atoms with E-state index in [2.05, 4.69) is 53.2 Å². The van der Waals surface area contributed by atoms with Gasteiger partial charge in [-0.25, -0.2) is 4.98 Å². The van der Waals surface area contributed by atoms with E-state index in [1.165, 1.54) is 4.88 Å². The zero-order valence-corrected chi connectivity index (χ0v) is 19.8. The number of hydrogen-bond donors (Lipinski definition) is 2. The third kappa shape index (κ3) is 8.06. The highest BCUT2D eigenvalue weighted by molar-refractivity contribution is 14.0. The first-order valence-electron chi connectivity index (χ1n) is 9.19. The highest BCUT2D eigenvalue weighted by Crippen LogP contribution is 2.17. The maximum atomic E-state index is 5.88. The summed E-state index contributed by atoms with van der Waals surface area (Å²) in [7, 11) is 1.81. The van der Waals surface area contributed by atoms with Gasteiger partial charge in [-0.2, -0.15) is 0 Å². The molecule has 0 spiro atoms. The molecule has 2 rings (SSSR count). The summed E-state index contributed by atoms with van der Waals surface area (Å²) in [5.74, 6) is 1.53. The lowest BCUT2D eigenvalue weighted by Gasteiger charge is -2.34. The Labute approximate surface area is 179 Å². The highest BCUT2D eigenvalue weighted by atomic mass is 127. The maximum absolute atomic E-state index is 5.88. The number of nitrogens with zero attached hydrogens (tertiary/aromatic N) is 3. The van der Waals surface area contributed by atoms with E-state index in [-0.39, 0.29) is 30.1 Å². The standard InChI is InChI=1S/C18H33N5OS.HI/c1-13(2)11-23-8-9-24-16(12-23)10-21-18(19-5)20-7-6-17-14(3)22-15(4)25-17;/h13,16H,6-12H2,1-5H3,(H2,19,20,21);1H. The Balaban J connectivity index is 0.00000338. The average Bonchev–Trinajstić information content (AvgIpc) is 2.88. The summed E-state index contributed by atoms with van der Waals surface area (Å²) in [6.45, 7) is 14.3. The summed E-state index contributed by atoms with van der Waals surface area (Å²) < 4.78 is 5.88. The predicted molar refractivity (Wildman–Crippen MR) is 121 cm³/mol. The minimum absolute atomic E-state index is 0. The summed E-state index contributed by atoms with van der Waals surface area (Å²) in [5, 5.41) is 7.91. The summed E-state index contributed by atoms with van der Waals surface area (Å²) in [4.78, 5) is 12.6. The molecule has 2 N–H and O–H groups in total. The van der Waals surface area contributed by atoms with Gasteiger partial charge in [-0.1, -0.05) is 13.8 Å². The Morgan fingerprint density at radius 1 is 1.38 bits per heavy atom. The van der Waals surface area contributed by atoms with Gasteiger partial charge in [0.25, 0.3) is 0 Å². The fourth-order valence-electron chi connectivity index (χ4n) is 3.12. The second-order valence-electron chi connectivity index (χ2n) is 7.02. The fraction of sp³-hybridized carbons (Fsp3) is 0.778. The molecule has 0 saturated carbocycles. The van der Waals surface area contributed by atoms with E-state index in [4.69, 9.17) is 4.74 Å². The number of hydrogen-bond acceptors (Lipinski definition) is 5. The van der Waals surface area contributed by atoms with Crippen LogP contribution in [0.2, 0.25) is 0 Å². The van der Waals surface area contributed by atoms with Gasteiger partial charge in [0, 0.05) is 51.1 Å². The van der Waals surface area contributed by atoms with E-state index < -0.39 is 0 Å². The number of aromatic nitrogens is 1. The fourth-order valence-corrected chi connectivity index (χ4v) is 4.05. The van der Waals surface area contributed by atoms with Crippen LogP contribution in [-0.2, 0) is 11.2 Å². The molecule has 1 fully saturated rings. The molecule has 1 saturated heterocycles. The zero-order valence-electron chi connectivity index (χ0n) is 16.7. The van der Waals surface area contributed by atoms with E-state index in [1.807, 2.05) is 7.05 Å². The highest BCUT2D eigenvalue weighted by Gasteiger charge is 2.21. The van der Waals surface area contributed by atoms with Gasteiger partial charge in [-0.05, 0) is 19.8 Å². The van der Waals surface area contributed by atoms with Gasteiger partial charge in [-0.15, -0.1) is 35.3 Å². The molecule has 2 heterocycles. The summed E-state index contributed by atoms with van der Waals surface area (Å²) in [6, 6.07) is 0. The molecule has 0 radical (unpaired) electrons. The van der Waals surface area contributed by atoms with Crippen LogP contribution in [-0.4, -0.2) is 68.3 Å². The lowest BCUT2D eigenvalue weighted by atomic mass is 10.2. The predicted octanol–water partition coefficient (Wildman–Crippen LogP) is 2.44. The number of thiazole rings is 1. The minimum atomic E-state index is 0. The molecule has 1 aromatic rings. The second-order valence-corrected chi connectivity index (χ2v) is 8.31. The smallest absolute Gasteiger partial charge is 0.191 e. The third-order valence-corrected chi connectivity index (χ3v) is 5.34. The monoisotopic (exact) mass is 495 g/mol. The number of guanidine groups is 1. The van der Waals surface area contributed by atoms with Crippen molar-refractivity contribution < 1.29 is 4.74 Å². The normalized spacial score (nSPS) is 18.7. The second kappa shape index (κ2) is 12.1. The topological polar surface area (TPSA) is 61.8 Å².